The molecule has 1 heterocycles. The summed E-state index contributed by atoms with van der Waals surface area (Å²) in [4.78, 5) is 37.7. The van der Waals surface area contributed by atoms with Gasteiger partial charge in [0.25, 0.3) is 0 Å². The summed E-state index contributed by atoms with van der Waals surface area (Å²) in [6.07, 6.45) is 1.88. The number of carboxylic acids is 1. The highest BCUT2D eigenvalue weighted by atomic mass is 16.5. The van der Waals surface area contributed by atoms with Gasteiger partial charge in [-0.2, -0.15) is 0 Å². The smallest absolute Gasteiger partial charge is 0.407 e. The van der Waals surface area contributed by atoms with Crippen molar-refractivity contribution in [2.45, 2.75) is 38.5 Å². The third kappa shape index (κ3) is 5.41. The van der Waals surface area contributed by atoms with E-state index in [0.29, 0.717) is 38.9 Å². The number of rotatable bonds is 8. The third-order valence-electron chi connectivity index (χ3n) is 6.90. The molecule has 2 atom stereocenters. The molecule has 2 N–H and O–H groups in total. The Hall–Kier alpha value is -3.35. The van der Waals surface area contributed by atoms with Gasteiger partial charge in [-0.1, -0.05) is 55.5 Å². The van der Waals surface area contributed by atoms with Crippen LogP contribution in [0.4, 0.5) is 4.79 Å². The number of nitrogens with one attached hydrogen (secondary N) is 1. The van der Waals surface area contributed by atoms with E-state index in [4.69, 9.17) is 4.74 Å². The van der Waals surface area contributed by atoms with E-state index in [1.165, 1.54) is 22.3 Å². The van der Waals surface area contributed by atoms with Crippen molar-refractivity contribution in [1.29, 1.82) is 0 Å². The van der Waals surface area contributed by atoms with Crippen LogP contribution in [-0.4, -0.2) is 54.2 Å². The van der Waals surface area contributed by atoms with E-state index >= 15 is 0 Å². The summed E-state index contributed by atoms with van der Waals surface area (Å²) in [6.45, 7) is 3.57. The highest BCUT2D eigenvalue weighted by molar-refractivity contribution is 5.79. The van der Waals surface area contributed by atoms with E-state index in [2.05, 4.69) is 29.6 Å². The molecule has 0 spiro atoms. The first-order valence-electron chi connectivity index (χ1n) is 12.0. The average Bonchev–Trinajstić information content (AvgIpc) is 3.16. The van der Waals surface area contributed by atoms with Crippen LogP contribution in [0.25, 0.3) is 11.1 Å². The first kappa shape index (κ1) is 23.8. The van der Waals surface area contributed by atoms with Crippen molar-refractivity contribution in [3.8, 4) is 11.1 Å². The maximum atomic E-state index is 12.5. The minimum absolute atomic E-state index is 0.0143. The predicted molar refractivity (Wildman–Crippen MR) is 128 cm³/mol. The van der Waals surface area contributed by atoms with E-state index in [-0.39, 0.29) is 24.3 Å². The highest BCUT2D eigenvalue weighted by Gasteiger charge is 2.30. The molecule has 2 aromatic rings. The Labute approximate surface area is 200 Å². The van der Waals surface area contributed by atoms with Gasteiger partial charge in [0.15, 0.2) is 0 Å². The maximum Gasteiger partial charge on any atom is 0.407 e. The van der Waals surface area contributed by atoms with E-state index in [1.54, 1.807) is 4.90 Å². The second kappa shape index (κ2) is 10.7. The van der Waals surface area contributed by atoms with Crippen molar-refractivity contribution in [2.24, 2.45) is 11.8 Å². The Bertz CT molecular complexity index is 1010. The van der Waals surface area contributed by atoms with Crippen LogP contribution >= 0.6 is 0 Å². The first-order valence-corrected chi connectivity index (χ1v) is 12.0. The summed E-state index contributed by atoms with van der Waals surface area (Å²) in [5, 5.41) is 12.0. The Morgan fingerprint density at radius 2 is 1.74 bits per heavy atom. The monoisotopic (exact) mass is 464 g/mol. The summed E-state index contributed by atoms with van der Waals surface area (Å²) < 4.78 is 5.55. The molecule has 1 aliphatic heterocycles. The lowest BCUT2D eigenvalue weighted by Gasteiger charge is -2.31. The number of benzene rings is 2. The average molecular weight is 465 g/mol. The van der Waals surface area contributed by atoms with E-state index in [0.717, 1.165) is 6.42 Å². The quantitative estimate of drug-likeness (QED) is 0.608. The van der Waals surface area contributed by atoms with Gasteiger partial charge in [-0.05, 0) is 47.4 Å². The molecule has 2 amide bonds. The molecule has 2 aliphatic rings. The van der Waals surface area contributed by atoms with Crippen molar-refractivity contribution in [3.05, 3.63) is 59.7 Å². The number of fused-ring (bicyclic) bond motifs is 3. The lowest BCUT2D eigenvalue weighted by Crippen LogP contribution is -2.42. The first-order chi connectivity index (χ1) is 16.4. The number of piperidine rings is 1. The molecule has 0 saturated carbocycles. The molecule has 7 heteroatoms. The van der Waals surface area contributed by atoms with Gasteiger partial charge in [0.05, 0.1) is 5.92 Å². The van der Waals surface area contributed by atoms with Crippen molar-refractivity contribution < 1.29 is 24.2 Å². The number of likely N-dealkylation sites (tertiary alicyclic amines) is 1. The molecule has 2 aromatic carbocycles. The number of hydrogen-bond donors (Lipinski definition) is 2. The van der Waals surface area contributed by atoms with Gasteiger partial charge in [0.2, 0.25) is 5.91 Å². The second-order valence-corrected chi connectivity index (χ2v) is 9.37. The highest BCUT2D eigenvalue weighted by Crippen LogP contribution is 2.44. The molecule has 180 valence electrons. The lowest BCUT2D eigenvalue weighted by atomic mass is 9.96. The second-order valence-electron chi connectivity index (χ2n) is 9.37. The topological polar surface area (TPSA) is 95.9 Å². The SMILES string of the molecule is CC(CCNC(=O)OCC1c2ccccc2-c2ccccc21)CC(=O)N1CCC[C@@H](C(=O)O)C1. The molecule has 1 aliphatic carbocycles. The molecule has 0 aromatic heterocycles. The van der Waals surface area contributed by atoms with Gasteiger partial charge in [-0.3, -0.25) is 9.59 Å². The molecule has 7 nitrogen and oxygen atoms in total. The van der Waals surface area contributed by atoms with E-state index < -0.39 is 18.0 Å². The fourth-order valence-electron chi connectivity index (χ4n) is 5.00. The predicted octanol–water partition coefficient (Wildman–Crippen LogP) is 4.26. The number of alkyl carbamates (subject to hydrolysis) is 1. The fourth-order valence-corrected chi connectivity index (χ4v) is 5.00. The van der Waals surface area contributed by atoms with Crippen molar-refractivity contribution in [1.82, 2.24) is 10.2 Å². The molecular formula is C27H32N2O5. The van der Waals surface area contributed by atoms with Crippen LogP contribution in [0.1, 0.15) is 49.7 Å². The number of carbonyl (C=O) groups excluding carboxylic acids is 2. The Kier molecular flexibility index (Phi) is 7.50. The van der Waals surface area contributed by atoms with Gasteiger partial charge in [-0.15, -0.1) is 0 Å². The van der Waals surface area contributed by atoms with Crippen LogP contribution < -0.4 is 5.32 Å². The van der Waals surface area contributed by atoms with Crippen molar-refractivity contribution >= 4 is 18.0 Å². The van der Waals surface area contributed by atoms with Crippen molar-refractivity contribution in [2.75, 3.05) is 26.2 Å². The van der Waals surface area contributed by atoms with Crippen LogP contribution in [-0.2, 0) is 14.3 Å². The number of aliphatic carboxylic acids is 1. The standard InChI is InChI=1S/C27H32N2O5/c1-18(15-25(30)29-14-6-7-19(16-29)26(31)32)12-13-28-27(33)34-17-24-22-10-4-2-8-20(22)21-9-3-5-11-23(21)24/h2-5,8-11,18-19,24H,6-7,12-17H2,1H3,(H,28,33)(H,31,32)/t18?,19-/m1/s1. The number of hydrogen-bond acceptors (Lipinski definition) is 4. The zero-order chi connectivity index (χ0) is 24.1. The van der Waals surface area contributed by atoms with Crippen LogP contribution in [0.2, 0.25) is 0 Å². The van der Waals surface area contributed by atoms with E-state index in [1.807, 2.05) is 31.2 Å². The van der Waals surface area contributed by atoms with Gasteiger partial charge in [-0.25, -0.2) is 4.79 Å². The Balaban J connectivity index is 1.20. The summed E-state index contributed by atoms with van der Waals surface area (Å²) in [5.41, 5.74) is 4.72. The molecular weight excluding hydrogens is 432 g/mol. The van der Waals surface area contributed by atoms with Crippen LogP contribution in [0.3, 0.4) is 0 Å². The summed E-state index contributed by atoms with van der Waals surface area (Å²) in [7, 11) is 0. The maximum absolute atomic E-state index is 12.5. The van der Waals surface area contributed by atoms with Crippen LogP contribution in [0.5, 0.6) is 0 Å². The number of ether oxygens (including phenoxy) is 1. The van der Waals surface area contributed by atoms with Crippen LogP contribution in [0, 0.1) is 11.8 Å². The molecule has 1 saturated heterocycles. The molecule has 0 bridgehead atoms. The summed E-state index contributed by atoms with van der Waals surface area (Å²) >= 11 is 0. The fraction of sp³-hybridized carbons (Fsp3) is 0.444. The minimum atomic E-state index is -0.835. The zero-order valence-corrected chi connectivity index (χ0v) is 19.5. The Morgan fingerprint density at radius 3 is 2.38 bits per heavy atom. The van der Waals surface area contributed by atoms with Crippen LogP contribution in [0.15, 0.2) is 48.5 Å². The lowest BCUT2D eigenvalue weighted by molar-refractivity contribution is -0.145. The van der Waals surface area contributed by atoms with Gasteiger partial charge >= 0.3 is 12.1 Å². The van der Waals surface area contributed by atoms with Crippen molar-refractivity contribution in [3.63, 3.8) is 0 Å². The molecule has 0 radical (unpaired) electrons. The number of carboxylic acid groups (broad SMARTS) is 1. The molecule has 34 heavy (non-hydrogen) atoms. The number of nitrogens with zero attached hydrogens (tertiary/aromatic N) is 1. The normalized spacial score (nSPS) is 18.0. The third-order valence-corrected chi connectivity index (χ3v) is 6.90. The summed E-state index contributed by atoms with van der Waals surface area (Å²) in [6, 6.07) is 16.4. The largest absolute Gasteiger partial charge is 0.481 e. The van der Waals surface area contributed by atoms with Gasteiger partial charge < -0.3 is 20.1 Å². The molecule has 1 fully saturated rings. The van der Waals surface area contributed by atoms with E-state index in [9.17, 15) is 19.5 Å². The molecule has 1 unspecified atom stereocenters. The molecule has 4 rings (SSSR count). The van der Waals surface area contributed by atoms with Gasteiger partial charge in [0, 0.05) is 32.0 Å². The summed E-state index contributed by atoms with van der Waals surface area (Å²) in [5.74, 6) is -1.22. The Morgan fingerprint density at radius 1 is 1.09 bits per heavy atom. The number of amides is 2. The number of carbonyl (C=O) groups is 3. The van der Waals surface area contributed by atoms with Gasteiger partial charge in [0.1, 0.15) is 6.61 Å². The zero-order valence-electron chi connectivity index (χ0n) is 19.5. The minimum Gasteiger partial charge on any atom is -0.481 e.